The molecule has 0 aliphatic carbocycles. The zero-order valence-electron chi connectivity index (χ0n) is 16.5. The Bertz CT molecular complexity index is 826. The first-order valence-corrected chi connectivity index (χ1v) is 10.3. The molecule has 2 unspecified atom stereocenters. The molecule has 0 radical (unpaired) electrons. The molecule has 1 aromatic carbocycles. The van der Waals surface area contributed by atoms with Gasteiger partial charge in [0.15, 0.2) is 0 Å². The monoisotopic (exact) mass is 400 g/mol. The number of fused-ring (bicyclic) bond motifs is 1. The van der Waals surface area contributed by atoms with Crippen LogP contribution in [0.2, 0.25) is 5.02 Å². The second-order valence-corrected chi connectivity index (χ2v) is 8.49. The van der Waals surface area contributed by atoms with Gasteiger partial charge in [-0.2, -0.15) is 0 Å². The summed E-state index contributed by atoms with van der Waals surface area (Å²) in [4.78, 5) is 6.93. The minimum absolute atomic E-state index is 0.0829. The standard InChI is InChI=1S/C21H29ClN6/c1-21(26-13-14-4-3-7-24-12-14)20-19(28(2)9-8-25-20)11-18(27-21)15-5-6-17(23)16(22)10-15/h5-6,8-11,14,19,24,26-27H,3-4,7,12-13,23H2,1-2H3/t14-,19?,21?/m1/s1. The first kappa shape index (κ1) is 19.3. The lowest BCUT2D eigenvalue weighted by atomic mass is 9.89. The SMILES string of the molecule is CN1C=CN=C2C1C=C(c1ccc(N)c(Cl)c1)NC2(C)NC[C@@H]1CCCNC1. The van der Waals surface area contributed by atoms with Crippen molar-refractivity contribution in [2.45, 2.75) is 31.5 Å². The maximum Gasteiger partial charge on any atom is 0.128 e. The van der Waals surface area contributed by atoms with Crippen molar-refractivity contribution in [1.29, 1.82) is 0 Å². The Morgan fingerprint density at radius 2 is 2.29 bits per heavy atom. The fourth-order valence-electron chi connectivity index (χ4n) is 4.18. The lowest BCUT2D eigenvalue weighted by molar-refractivity contribution is 0.307. The zero-order valence-corrected chi connectivity index (χ0v) is 17.3. The quantitative estimate of drug-likeness (QED) is 0.584. The summed E-state index contributed by atoms with van der Waals surface area (Å²) in [6, 6.07) is 5.86. The molecule has 0 aromatic heterocycles. The minimum Gasteiger partial charge on any atom is -0.398 e. The van der Waals surface area contributed by atoms with E-state index < -0.39 is 5.66 Å². The second kappa shape index (κ2) is 7.78. The highest BCUT2D eigenvalue weighted by atomic mass is 35.5. The van der Waals surface area contributed by atoms with Gasteiger partial charge in [0.1, 0.15) is 5.66 Å². The number of aliphatic imine (C=N–C) groups is 1. The van der Waals surface area contributed by atoms with Gasteiger partial charge in [0.25, 0.3) is 0 Å². The average Bonchev–Trinajstić information content (AvgIpc) is 2.70. The lowest BCUT2D eigenvalue weighted by Crippen LogP contribution is -2.67. The summed E-state index contributed by atoms with van der Waals surface area (Å²) in [5, 5.41) is 11.5. The summed E-state index contributed by atoms with van der Waals surface area (Å²) in [6.07, 6.45) is 8.57. The van der Waals surface area contributed by atoms with Crippen molar-refractivity contribution in [2.75, 3.05) is 32.4 Å². The number of piperidine rings is 1. The molecule has 1 saturated heterocycles. The first-order chi connectivity index (χ1) is 13.5. The highest BCUT2D eigenvalue weighted by Gasteiger charge is 2.41. The molecule has 0 amide bonds. The molecule has 6 nitrogen and oxygen atoms in total. The molecule has 3 aliphatic heterocycles. The van der Waals surface area contributed by atoms with Crippen LogP contribution in [0.5, 0.6) is 0 Å². The Balaban J connectivity index is 1.63. The third kappa shape index (κ3) is 3.77. The number of nitrogens with zero attached hydrogens (tertiary/aromatic N) is 2. The molecular formula is C21H29ClN6. The van der Waals surface area contributed by atoms with Gasteiger partial charge >= 0.3 is 0 Å². The number of nitrogen functional groups attached to an aromatic ring is 1. The number of nitrogens with one attached hydrogen (secondary N) is 3. The molecule has 0 bridgehead atoms. The van der Waals surface area contributed by atoms with Crippen LogP contribution < -0.4 is 21.7 Å². The molecule has 1 fully saturated rings. The van der Waals surface area contributed by atoms with Gasteiger partial charge < -0.3 is 21.3 Å². The van der Waals surface area contributed by atoms with Gasteiger partial charge in [0.2, 0.25) is 0 Å². The van der Waals surface area contributed by atoms with Crippen molar-refractivity contribution in [3.05, 3.63) is 47.3 Å². The van der Waals surface area contributed by atoms with Gasteiger partial charge in [-0.15, -0.1) is 0 Å². The molecule has 0 spiro atoms. The number of anilines is 1. The highest BCUT2D eigenvalue weighted by molar-refractivity contribution is 6.33. The van der Waals surface area contributed by atoms with E-state index in [1.807, 2.05) is 30.6 Å². The Hall–Kier alpha value is -2.02. The second-order valence-electron chi connectivity index (χ2n) is 8.08. The fourth-order valence-corrected chi connectivity index (χ4v) is 4.36. The molecule has 28 heavy (non-hydrogen) atoms. The van der Waals surface area contributed by atoms with Crippen molar-refractivity contribution in [3.63, 3.8) is 0 Å². The predicted molar refractivity (Wildman–Crippen MR) is 117 cm³/mol. The van der Waals surface area contributed by atoms with Gasteiger partial charge in [-0.1, -0.05) is 17.7 Å². The van der Waals surface area contributed by atoms with Gasteiger partial charge in [0, 0.05) is 31.7 Å². The summed E-state index contributed by atoms with van der Waals surface area (Å²) >= 11 is 6.28. The molecule has 5 N–H and O–H groups in total. The minimum atomic E-state index is -0.445. The smallest absolute Gasteiger partial charge is 0.128 e. The zero-order chi connectivity index (χ0) is 19.7. The normalized spacial score (nSPS) is 29.6. The fraction of sp³-hybridized carbons (Fsp3) is 0.476. The van der Waals surface area contributed by atoms with E-state index in [-0.39, 0.29) is 6.04 Å². The molecule has 3 heterocycles. The first-order valence-electron chi connectivity index (χ1n) is 9.94. The van der Waals surface area contributed by atoms with E-state index in [0.717, 1.165) is 36.6 Å². The number of hydrogen-bond acceptors (Lipinski definition) is 6. The van der Waals surface area contributed by atoms with Crippen molar-refractivity contribution < 1.29 is 0 Å². The van der Waals surface area contributed by atoms with Crippen LogP contribution in [-0.2, 0) is 0 Å². The van der Waals surface area contributed by atoms with E-state index >= 15 is 0 Å². The van der Waals surface area contributed by atoms with E-state index in [2.05, 4.69) is 40.9 Å². The number of hydrogen-bond donors (Lipinski definition) is 4. The summed E-state index contributed by atoms with van der Waals surface area (Å²) < 4.78 is 0. The Morgan fingerprint density at radius 1 is 1.43 bits per heavy atom. The maximum atomic E-state index is 6.28. The molecule has 0 saturated carbocycles. The number of likely N-dealkylation sites (N-methyl/N-ethyl adjacent to an activating group) is 1. The van der Waals surface area contributed by atoms with E-state index in [9.17, 15) is 0 Å². The molecule has 7 heteroatoms. The summed E-state index contributed by atoms with van der Waals surface area (Å²) in [6.45, 7) is 5.30. The third-order valence-corrected chi connectivity index (χ3v) is 6.24. The van der Waals surface area contributed by atoms with Crippen LogP contribution in [0.3, 0.4) is 0 Å². The van der Waals surface area contributed by atoms with Crippen molar-refractivity contribution in [2.24, 2.45) is 10.9 Å². The van der Waals surface area contributed by atoms with E-state index in [1.54, 1.807) is 0 Å². The topological polar surface area (TPSA) is 77.7 Å². The third-order valence-electron chi connectivity index (χ3n) is 5.91. The van der Waals surface area contributed by atoms with Crippen LogP contribution in [0.15, 0.2) is 41.7 Å². The summed E-state index contributed by atoms with van der Waals surface area (Å²) in [5.41, 5.74) is 9.18. The molecule has 150 valence electrons. The average molecular weight is 401 g/mol. The van der Waals surface area contributed by atoms with Crippen molar-refractivity contribution in [1.82, 2.24) is 20.9 Å². The van der Waals surface area contributed by atoms with Gasteiger partial charge in [0.05, 0.1) is 22.5 Å². The van der Waals surface area contributed by atoms with Crippen LogP contribution in [0.25, 0.3) is 5.70 Å². The largest absolute Gasteiger partial charge is 0.398 e. The van der Waals surface area contributed by atoms with E-state index in [0.29, 0.717) is 16.6 Å². The van der Waals surface area contributed by atoms with Gasteiger partial charge in [-0.3, -0.25) is 10.3 Å². The number of benzene rings is 1. The van der Waals surface area contributed by atoms with Crippen LogP contribution in [-0.4, -0.2) is 49.0 Å². The number of halogens is 1. The van der Waals surface area contributed by atoms with Crippen LogP contribution in [0, 0.1) is 5.92 Å². The van der Waals surface area contributed by atoms with Crippen LogP contribution in [0.4, 0.5) is 5.69 Å². The van der Waals surface area contributed by atoms with Crippen LogP contribution >= 0.6 is 11.6 Å². The van der Waals surface area contributed by atoms with Crippen molar-refractivity contribution in [3.8, 4) is 0 Å². The highest BCUT2D eigenvalue weighted by Crippen LogP contribution is 2.30. The molecule has 4 rings (SSSR count). The van der Waals surface area contributed by atoms with Gasteiger partial charge in [-0.05, 0) is 62.5 Å². The number of rotatable bonds is 4. The van der Waals surface area contributed by atoms with E-state index in [4.69, 9.17) is 22.3 Å². The molecule has 1 aromatic rings. The summed E-state index contributed by atoms with van der Waals surface area (Å²) in [5.74, 6) is 0.628. The maximum absolute atomic E-state index is 6.28. The predicted octanol–water partition coefficient (Wildman–Crippen LogP) is 2.40. The Morgan fingerprint density at radius 3 is 3.04 bits per heavy atom. The molecular weight excluding hydrogens is 372 g/mol. The molecule has 3 aliphatic rings. The Labute approximate surface area is 171 Å². The Kier molecular flexibility index (Phi) is 5.36. The van der Waals surface area contributed by atoms with Gasteiger partial charge in [-0.25, -0.2) is 0 Å². The molecule has 3 atom stereocenters. The van der Waals surface area contributed by atoms with Crippen LogP contribution in [0.1, 0.15) is 25.3 Å². The van der Waals surface area contributed by atoms with E-state index in [1.165, 1.54) is 12.8 Å². The number of nitrogens with two attached hydrogens (primary N) is 1. The lowest BCUT2D eigenvalue weighted by Gasteiger charge is -2.45. The van der Waals surface area contributed by atoms with Crippen molar-refractivity contribution >= 4 is 28.7 Å². The summed E-state index contributed by atoms with van der Waals surface area (Å²) in [7, 11) is 2.08.